The second-order valence-corrected chi connectivity index (χ2v) is 4.49. The first-order valence-electron chi connectivity index (χ1n) is 6.30. The first-order chi connectivity index (χ1) is 9.60. The molecule has 0 fully saturated rings. The van der Waals surface area contributed by atoms with E-state index >= 15 is 0 Å². The van der Waals surface area contributed by atoms with E-state index in [1.807, 2.05) is 19.1 Å². The molecule has 3 nitrogen and oxygen atoms in total. The lowest BCUT2D eigenvalue weighted by molar-refractivity contribution is 0.0601. The number of halogens is 1. The third-order valence-electron chi connectivity index (χ3n) is 3.02. The zero-order valence-electron chi connectivity index (χ0n) is 11.4. The monoisotopic (exact) mass is 273 g/mol. The molecule has 0 aromatic heterocycles. The number of esters is 1. The van der Waals surface area contributed by atoms with E-state index < -0.39 is 0 Å². The van der Waals surface area contributed by atoms with Crippen LogP contribution in [0.2, 0.25) is 0 Å². The van der Waals surface area contributed by atoms with Crippen LogP contribution in [-0.4, -0.2) is 13.1 Å². The number of methoxy groups -OCH3 is 1. The molecule has 1 atom stereocenters. The maximum atomic E-state index is 13.2. The second-order valence-electron chi connectivity index (χ2n) is 4.49. The molecule has 2 aromatic carbocycles. The standard InChI is InChI=1S/C16H16FNO2/c1-11(12-5-3-7-14(17)9-12)18-15-8-4-6-13(10-15)16(19)20-2/h3-11,18H,1-2H3. The summed E-state index contributed by atoms with van der Waals surface area (Å²) >= 11 is 0. The molecule has 0 radical (unpaired) electrons. The molecule has 0 aliphatic rings. The molecule has 0 heterocycles. The van der Waals surface area contributed by atoms with Crippen molar-refractivity contribution in [2.45, 2.75) is 13.0 Å². The molecule has 2 rings (SSSR count). The molecule has 4 heteroatoms. The van der Waals surface area contributed by atoms with Crippen molar-refractivity contribution in [2.24, 2.45) is 0 Å². The van der Waals surface area contributed by atoms with Crippen molar-refractivity contribution in [3.63, 3.8) is 0 Å². The van der Waals surface area contributed by atoms with Crippen LogP contribution in [0.25, 0.3) is 0 Å². The van der Waals surface area contributed by atoms with E-state index in [-0.39, 0.29) is 17.8 Å². The second kappa shape index (κ2) is 6.19. The molecular formula is C16H16FNO2. The number of hydrogen-bond donors (Lipinski definition) is 1. The van der Waals surface area contributed by atoms with Crippen LogP contribution in [0.1, 0.15) is 28.9 Å². The molecule has 1 N–H and O–H groups in total. The molecule has 0 amide bonds. The average Bonchev–Trinajstić information content (AvgIpc) is 2.46. The first kappa shape index (κ1) is 14.1. The topological polar surface area (TPSA) is 38.3 Å². The summed E-state index contributed by atoms with van der Waals surface area (Å²) in [6, 6.07) is 13.4. The van der Waals surface area contributed by atoms with E-state index in [0.717, 1.165) is 11.3 Å². The third kappa shape index (κ3) is 3.35. The molecule has 0 saturated carbocycles. The Balaban J connectivity index is 2.15. The summed E-state index contributed by atoms with van der Waals surface area (Å²) in [4.78, 5) is 11.5. The van der Waals surface area contributed by atoms with Gasteiger partial charge in [0, 0.05) is 11.7 Å². The molecular weight excluding hydrogens is 257 g/mol. The molecule has 0 bridgehead atoms. The van der Waals surface area contributed by atoms with Gasteiger partial charge < -0.3 is 10.1 Å². The number of anilines is 1. The van der Waals surface area contributed by atoms with Gasteiger partial charge in [0.15, 0.2) is 0 Å². The Morgan fingerprint density at radius 3 is 2.65 bits per heavy atom. The molecule has 2 aromatic rings. The van der Waals surface area contributed by atoms with E-state index in [1.54, 1.807) is 24.3 Å². The molecule has 20 heavy (non-hydrogen) atoms. The minimum atomic E-state index is -0.382. The van der Waals surface area contributed by atoms with Crippen molar-refractivity contribution in [3.05, 3.63) is 65.5 Å². The lowest BCUT2D eigenvalue weighted by atomic mass is 10.1. The fraction of sp³-hybridized carbons (Fsp3) is 0.188. The van der Waals surface area contributed by atoms with Crippen LogP contribution in [0.5, 0.6) is 0 Å². The Hall–Kier alpha value is -2.36. The van der Waals surface area contributed by atoms with Crippen LogP contribution < -0.4 is 5.32 Å². The van der Waals surface area contributed by atoms with Crippen molar-refractivity contribution in [1.29, 1.82) is 0 Å². The van der Waals surface area contributed by atoms with E-state index in [0.29, 0.717) is 5.56 Å². The summed E-state index contributed by atoms with van der Waals surface area (Å²) in [7, 11) is 1.35. The van der Waals surface area contributed by atoms with Gasteiger partial charge in [-0.25, -0.2) is 9.18 Å². The summed E-state index contributed by atoms with van der Waals surface area (Å²) in [6.07, 6.45) is 0. The molecule has 104 valence electrons. The fourth-order valence-electron chi connectivity index (χ4n) is 1.96. The zero-order valence-corrected chi connectivity index (χ0v) is 11.4. The van der Waals surface area contributed by atoms with Gasteiger partial charge in [0.2, 0.25) is 0 Å². The van der Waals surface area contributed by atoms with Crippen molar-refractivity contribution in [3.8, 4) is 0 Å². The summed E-state index contributed by atoms with van der Waals surface area (Å²) in [5, 5.41) is 3.23. The maximum Gasteiger partial charge on any atom is 0.337 e. The molecule has 0 saturated heterocycles. The van der Waals surface area contributed by atoms with E-state index in [9.17, 15) is 9.18 Å². The lowest BCUT2D eigenvalue weighted by Gasteiger charge is -2.16. The Morgan fingerprint density at radius 2 is 1.95 bits per heavy atom. The maximum absolute atomic E-state index is 13.2. The minimum Gasteiger partial charge on any atom is -0.465 e. The van der Waals surface area contributed by atoms with Gasteiger partial charge >= 0.3 is 5.97 Å². The minimum absolute atomic E-state index is 0.0707. The highest BCUT2D eigenvalue weighted by atomic mass is 19.1. The molecule has 0 spiro atoms. The van der Waals surface area contributed by atoms with E-state index in [2.05, 4.69) is 10.1 Å². The highest BCUT2D eigenvalue weighted by molar-refractivity contribution is 5.90. The number of nitrogens with one attached hydrogen (secondary N) is 1. The van der Waals surface area contributed by atoms with Crippen LogP contribution in [-0.2, 0) is 4.74 Å². The summed E-state index contributed by atoms with van der Waals surface area (Å²) < 4.78 is 17.9. The summed E-state index contributed by atoms with van der Waals surface area (Å²) in [5.41, 5.74) is 2.10. The number of carbonyl (C=O) groups excluding carboxylic acids is 1. The predicted molar refractivity (Wildman–Crippen MR) is 76.2 cm³/mol. The van der Waals surface area contributed by atoms with Gasteiger partial charge in [-0.3, -0.25) is 0 Å². The van der Waals surface area contributed by atoms with Crippen molar-refractivity contribution < 1.29 is 13.9 Å². The number of hydrogen-bond acceptors (Lipinski definition) is 3. The average molecular weight is 273 g/mol. The number of benzene rings is 2. The summed E-state index contributed by atoms with van der Waals surface area (Å²) in [5.74, 6) is -0.647. The van der Waals surface area contributed by atoms with Crippen LogP contribution in [0.4, 0.5) is 10.1 Å². The van der Waals surface area contributed by atoms with Crippen LogP contribution in [0.3, 0.4) is 0 Å². The largest absolute Gasteiger partial charge is 0.465 e. The van der Waals surface area contributed by atoms with Gasteiger partial charge in [0.25, 0.3) is 0 Å². The van der Waals surface area contributed by atoms with Crippen LogP contribution in [0.15, 0.2) is 48.5 Å². The Labute approximate surface area is 117 Å². The highest BCUT2D eigenvalue weighted by Gasteiger charge is 2.09. The van der Waals surface area contributed by atoms with E-state index in [4.69, 9.17) is 0 Å². The fourth-order valence-corrected chi connectivity index (χ4v) is 1.96. The highest BCUT2D eigenvalue weighted by Crippen LogP contribution is 2.20. The molecule has 1 unspecified atom stereocenters. The van der Waals surface area contributed by atoms with Crippen LogP contribution in [0, 0.1) is 5.82 Å². The van der Waals surface area contributed by atoms with Crippen molar-refractivity contribution in [1.82, 2.24) is 0 Å². The Morgan fingerprint density at radius 1 is 1.20 bits per heavy atom. The molecule has 0 aliphatic heterocycles. The van der Waals surface area contributed by atoms with Crippen LogP contribution >= 0.6 is 0 Å². The third-order valence-corrected chi connectivity index (χ3v) is 3.02. The van der Waals surface area contributed by atoms with Crippen molar-refractivity contribution >= 4 is 11.7 Å². The quantitative estimate of drug-likeness (QED) is 0.861. The Kier molecular flexibility index (Phi) is 4.35. The van der Waals surface area contributed by atoms with Crippen molar-refractivity contribution in [2.75, 3.05) is 12.4 Å². The number of carbonyl (C=O) groups is 1. The van der Waals surface area contributed by atoms with Gasteiger partial charge in [-0.2, -0.15) is 0 Å². The van der Waals surface area contributed by atoms with Gasteiger partial charge in [-0.05, 0) is 42.8 Å². The summed E-state index contributed by atoms with van der Waals surface area (Å²) in [6.45, 7) is 1.93. The van der Waals surface area contributed by atoms with Gasteiger partial charge in [-0.1, -0.05) is 18.2 Å². The van der Waals surface area contributed by atoms with Gasteiger partial charge in [-0.15, -0.1) is 0 Å². The van der Waals surface area contributed by atoms with Gasteiger partial charge in [0.1, 0.15) is 5.82 Å². The lowest BCUT2D eigenvalue weighted by Crippen LogP contribution is -2.08. The Bertz CT molecular complexity index is 613. The predicted octanol–water partition coefficient (Wildman–Crippen LogP) is 3.79. The number of rotatable bonds is 4. The first-order valence-corrected chi connectivity index (χ1v) is 6.30. The smallest absolute Gasteiger partial charge is 0.337 e. The van der Waals surface area contributed by atoms with E-state index in [1.165, 1.54) is 19.2 Å². The normalized spacial score (nSPS) is 11.8. The van der Waals surface area contributed by atoms with Gasteiger partial charge in [0.05, 0.1) is 12.7 Å². The SMILES string of the molecule is COC(=O)c1cccc(NC(C)c2cccc(F)c2)c1. The number of ether oxygens (including phenoxy) is 1. The molecule has 0 aliphatic carbocycles. The zero-order chi connectivity index (χ0) is 14.5.